The molecule has 27 heavy (non-hydrogen) atoms. The second kappa shape index (κ2) is 8.97. The van der Waals surface area contributed by atoms with Crippen molar-refractivity contribution in [2.24, 2.45) is 23.2 Å². The first-order chi connectivity index (χ1) is 12.8. The van der Waals surface area contributed by atoms with Gasteiger partial charge in [0.1, 0.15) is 0 Å². The molecule has 0 radical (unpaired) electrons. The minimum Gasteiger partial charge on any atom is -0.343 e. The highest BCUT2D eigenvalue weighted by molar-refractivity contribution is 5.76. The summed E-state index contributed by atoms with van der Waals surface area (Å²) in [6, 6.07) is 0.289. The Kier molecular flexibility index (Phi) is 6.87. The predicted molar refractivity (Wildman–Crippen MR) is 114 cm³/mol. The van der Waals surface area contributed by atoms with Gasteiger partial charge >= 0.3 is 0 Å². The summed E-state index contributed by atoms with van der Waals surface area (Å²) in [5, 5.41) is 0. The Labute approximate surface area is 167 Å². The number of rotatable bonds is 7. The summed E-state index contributed by atoms with van der Waals surface area (Å²) in [7, 11) is 1.99. The zero-order chi connectivity index (χ0) is 19.4. The van der Waals surface area contributed by atoms with Crippen LogP contribution in [0.15, 0.2) is 23.8 Å². The molecule has 0 N–H and O–H groups in total. The molecule has 3 rings (SSSR count). The number of carbonyl (C=O) groups excluding carboxylic acids is 1. The van der Waals surface area contributed by atoms with Crippen LogP contribution in [0.25, 0.3) is 0 Å². The van der Waals surface area contributed by atoms with Crippen molar-refractivity contribution in [3.63, 3.8) is 0 Å². The predicted octanol–water partition coefficient (Wildman–Crippen LogP) is 6.52. The third-order valence-electron chi connectivity index (χ3n) is 7.53. The van der Waals surface area contributed by atoms with Gasteiger partial charge in [-0.15, -0.1) is 0 Å². The summed E-state index contributed by atoms with van der Waals surface area (Å²) < 4.78 is 0. The maximum Gasteiger partial charge on any atom is 0.222 e. The van der Waals surface area contributed by atoms with E-state index < -0.39 is 0 Å². The quantitative estimate of drug-likeness (QED) is 0.498. The van der Waals surface area contributed by atoms with Gasteiger partial charge in [0.25, 0.3) is 0 Å². The van der Waals surface area contributed by atoms with Crippen molar-refractivity contribution in [1.82, 2.24) is 4.90 Å². The lowest BCUT2D eigenvalue weighted by Crippen LogP contribution is -2.37. The van der Waals surface area contributed by atoms with Crippen LogP contribution >= 0.6 is 0 Å². The van der Waals surface area contributed by atoms with Gasteiger partial charge in [0, 0.05) is 19.5 Å². The van der Waals surface area contributed by atoms with Gasteiger partial charge in [-0.3, -0.25) is 4.79 Å². The minimum atomic E-state index is 0.289. The van der Waals surface area contributed by atoms with Gasteiger partial charge in [-0.1, -0.05) is 37.6 Å². The third kappa shape index (κ3) is 5.72. The molecule has 0 aromatic rings. The lowest BCUT2D eigenvalue weighted by molar-refractivity contribution is -0.131. The minimum absolute atomic E-state index is 0.289. The van der Waals surface area contributed by atoms with Crippen molar-refractivity contribution in [1.29, 1.82) is 0 Å². The van der Waals surface area contributed by atoms with Gasteiger partial charge in [-0.25, -0.2) is 0 Å². The summed E-state index contributed by atoms with van der Waals surface area (Å²) in [5.74, 6) is 3.17. The number of amides is 1. The molecule has 3 atom stereocenters. The maximum atomic E-state index is 12.7. The van der Waals surface area contributed by atoms with Gasteiger partial charge in [0.05, 0.1) is 0 Å². The van der Waals surface area contributed by atoms with Crippen molar-refractivity contribution in [2.75, 3.05) is 7.05 Å². The smallest absolute Gasteiger partial charge is 0.222 e. The zero-order valence-electron chi connectivity index (χ0n) is 18.2. The Morgan fingerprint density at radius 2 is 1.93 bits per heavy atom. The van der Waals surface area contributed by atoms with E-state index in [4.69, 9.17) is 0 Å². The van der Waals surface area contributed by atoms with Gasteiger partial charge < -0.3 is 4.90 Å². The lowest BCUT2D eigenvalue weighted by atomic mass is 9.58. The molecule has 1 amide bonds. The van der Waals surface area contributed by atoms with E-state index in [0.717, 1.165) is 49.9 Å². The molecule has 0 saturated heterocycles. The van der Waals surface area contributed by atoms with E-state index in [2.05, 4.69) is 39.0 Å². The highest BCUT2D eigenvalue weighted by atomic mass is 16.2. The van der Waals surface area contributed by atoms with Crippen molar-refractivity contribution >= 4 is 5.91 Å². The van der Waals surface area contributed by atoms with Crippen LogP contribution in [0.5, 0.6) is 0 Å². The molecule has 2 heteroatoms. The van der Waals surface area contributed by atoms with E-state index in [1.165, 1.54) is 44.1 Å². The van der Waals surface area contributed by atoms with Crippen molar-refractivity contribution in [2.45, 2.75) is 97.4 Å². The molecule has 3 aliphatic carbocycles. The Morgan fingerprint density at radius 3 is 2.56 bits per heavy atom. The lowest BCUT2D eigenvalue weighted by Gasteiger charge is -2.47. The van der Waals surface area contributed by atoms with E-state index in [0.29, 0.717) is 11.3 Å². The molecule has 2 bridgehead atoms. The van der Waals surface area contributed by atoms with E-state index in [-0.39, 0.29) is 6.04 Å². The second-order valence-corrected chi connectivity index (χ2v) is 10.4. The molecule has 0 aromatic heterocycles. The Morgan fingerprint density at radius 1 is 1.22 bits per heavy atom. The monoisotopic (exact) mass is 371 g/mol. The fourth-order valence-electron chi connectivity index (χ4n) is 6.30. The molecule has 3 aliphatic rings. The van der Waals surface area contributed by atoms with Crippen LogP contribution in [0.4, 0.5) is 0 Å². The fourth-order valence-corrected chi connectivity index (χ4v) is 6.30. The Hall–Kier alpha value is -1.05. The number of fused-ring (bicyclic) bond motifs is 2. The molecule has 2 saturated carbocycles. The highest BCUT2D eigenvalue weighted by Crippen LogP contribution is 2.52. The highest BCUT2D eigenvalue weighted by Gasteiger charge is 2.40. The van der Waals surface area contributed by atoms with Crippen LogP contribution in [0.2, 0.25) is 0 Å². The molecule has 0 aliphatic heterocycles. The number of nitrogens with zero attached hydrogens (tertiary/aromatic N) is 1. The van der Waals surface area contributed by atoms with Crippen LogP contribution in [0.3, 0.4) is 0 Å². The van der Waals surface area contributed by atoms with Gasteiger partial charge in [-0.05, 0) is 94.3 Å². The van der Waals surface area contributed by atoms with E-state index in [1.54, 1.807) is 0 Å². The normalized spacial score (nSPS) is 34.1. The first kappa shape index (κ1) is 20.7. The van der Waals surface area contributed by atoms with Crippen LogP contribution in [-0.4, -0.2) is 23.9 Å². The van der Waals surface area contributed by atoms with Crippen LogP contribution < -0.4 is 0 Å². The molecule has 2 fully saturated rings. The molecular formula is C25H41NO. The largest absolute Gasteiger partial charge is 0.343 e. The molecule has 0 heterocycles. The van der Waals surface area contributed by atoms with Crippen molar-refractivity contribution < 1.29 is 4.79 Å². The molecule has 3 unspecified atom stereocenters. The fraction of sp³-hybridized carbons (Fsp3) is 0.800. The number of allylic oxidation sites excluding steroid dienone is 3. The maximum absolute atomic E-state index is 12.7. The van der Waals surface area contributed by atoms with Crippen LogP contribution in [-0.2, 0) is 4.79 Å². The first-order valence-electron chi connectivity index (χ1n) is 11.5. The van der Waals surface area contributed by atoms with Gasteiger partial charge in [-0.2, -0.15) is 0 Å². The van der Waals surface area contributed by atoms with Crippen molar-refractivity contribution in [3.8, 4) is 0 Å². The average molecular weight is 372 g/mol. The topological polar surface area (TPSA) is 20.3 Å². The zero-order valence-corrected chi connectivity index (χ0v) is 18.2. The third-order valence-corrected chi connectivity index (χ3v) is 7.53. The summed E-state index contributed by atoms with van der Waals surface area (Å²) in [4.78, 5) is 14.7. The van der Waals surface area contributed by atoms with Crippen molar-refractivity contribution in [3.05, 3.63) is 23.8 Å². The molecule has 2 nitrogen and oxygen atoms in total. The summed E-state index contributed by atoms with van der Waals surface area (Å²) >= 11 is 0. The molecule has 152 valence electrons. The van der Waals surface area contributed by atoms with Crippen LogP contribution in [0, 0.1) is 23.2 Å². The summed E-state index contributed by atoms with van der Waals surface area (Å²) in [5.41, 5.74) is 1.87. The summed E-state index contributed by atoms with van der Waals surface area (Å²) in [6.45, 7) is 7.13. The van der Waals surface area contributed by atoms with E-state index in [1.807, 2.05) is 11.9 Å². The molecule has 0 aromatic carbocycles. The Balaban J connectivity index is 1.42. The van der Waals surface area contributed by atoms with E-state index >= 15 is 0 Å². The van der Waals surface area contributed by atoms with Gasteiger partial charge in [0.15, 0.2) is 0 Å². The molecular weight excluding hydrogens is 330 g/mol. The Bertz CT molecular complexity index is 557. The first-order valence-corrected chi connectivity index (χ1v) is 11.5. The molecule has 0 spiro atoms. The van der Waals surface area contributed by atoms with Crippen LogP contribution in [0.1, 0.15) is 91.4 Å². The second-order valence-electron chi connectivity index (χ2n) is 10.4. The number of carbonyl (C=O) groups is 1. The number of hydrogen-bond donors (Lipinski definition) is 0. The average Bonchev–Trinajstić information content (AvgIpc) is 2.60. The van der Waals surface area contributed by atoms with E-state index in [9.17, 15) is 4.79 Å². The number of hydrogen-bond acceptors (Lipinski definition) is 1. The van der Waals surface area contributed by atoms with Gasteiger partial charge in [0.2, 0.25) is 5.91 Å². The summed E-state index contributed by atoms with van der Waals surface area (Å²) in [6.07, 6.45) is 20.3. The SMILES string of the molecule is CC1CC2CC(C1)CC(C)(CCCC(=O)N(C)C(C)CC1=CCCC=C1)C2. The standard InChI is InChI=1S/C25H41NO/c1-19-13-22-16-23(14-19)18-25(3,17-22)12-8-11-24(27)26(4)20(2)15-21-9-6-5-7-10-21/h6,9-10,19-20,22-23H,5,7-8,11-18H2,1-4H3.